The number of benzene rings is 1. The summed E-state index contributed by atoms with van der Waals surface area (Å²) in [7, 11) is 1.35. The van der Waals surface area contributed by atoms with Crippen LogP contribution in [0.4, 0.5) is 5.69 Å². The van der Waals surface area contributed by atoms with Crippen LogP contribution in [0, 0.1) is 19.8 Å². The zero-order valence-corrected chi connectivity index (χ0v) is 13.6. The quantitative estimate of drug-likeness (QED) is 0.819. The zero-order chi connectivity index (χ0) is 16.6. The smallest absolute Gasteiger partial charge is 0.311 e. The lowest BCUT2D eigenvalue weighted by Crippen LogP contribution is -2.26. The van der Waals surface area contributed by atoms with Crippen LogP contribution in [-0.2, 0) is 14.3 Å². The summed E-state index contributed by atoms with van der Waals surface area (Å²) < 4.78 is 6.90. The Morgan fingerprint density at radius 1 is 1.13 bits per heavy atom. The van der Waals surface area contributed by atoms with E-state index in [1.165, 1.54) is 7.11 Å². The predicted octanol–water partition coefficient (Wildman–Crippen LogP) is 2.62. The van der Waals surface area contributed by atoms with Gasteiger partial charge in [-0.3, -0.25) is 9.59 Å². The molecule has 5 heteroatoms. The molecule has 1 amide bonds. The van der Waals surface area contributed by atoms with Crippen LogP contribution in [0.15, 0.2) is 36.4 Å². The Bertz CT molecular complexity index is 744. The van der Waals surface area contributed by atoms with Crippen molar-refractivity contribution in [1.29, 1.82) is 0 Å². The average Bonchev–Trinajstić information content (AvgIpc) is 3.09. The minimum Gasteiger partial charge on any atom is -0.469 e. The Morgan fingerprint density at radius 2 is 1.78 bits per heavy atom. The van der Waals surface area contributed by atoms with Gasteiger partial charge in [0.05, 0.1) is 13.0 Å². The van der Waals surface area contributed by atoms with E-state index in [0.717, 1.165) is 22.8 Å². The Balaban J connectivity index is 1.92. The van der Waals surface area contributed by atoms with Gasteiger partial charge in [0, 0.05) is 35.7 Å². The van der Waals surface area contributed by atoms with E-state index in [0.29, 0.717) is 6.54 Å². The summed E-state index contributed by atoms with van der Waals surface area (Å²) in [5, 5.41) is 0. The van der Waals surface area contributed by atoms with Crippen molar-refractivity contribution in [2.24, 2.45) is 5.92 Å². The molecular weight excluding hydrogens is 292 g/mol. The molecular formula is C18H20N2O3. The van der Waals surface area contributed by atoms with E-state index < -0.39 is 0 Å². The Hall–Kier alpha value is -2.56. The molecule has 1 fully saturated rings. The van der Waals surface area contributed by atoms with Gasteiger partial charge >= 0.3 is 5.97 Å². The van der Waals surface area contributed by atoms with Crippen LogP contribution in [0.25, 0.3) is 5.69 Å². The summed E-state index contributed by atoms with van der Waals surface area (Å²) >= 11 is 0. The first-order valence-electron chi connectivity index (χ1n) is 7.65. The third kappa shape index (κ3) is 2.74. The minimum absolute atomic E-state index is 0.0431. The van der Waals surface area contributed by atoms with E-state index in [-0.39, 0.29) is 24.2 Å². The predicted molar refractivity (Wildman–Crippen MR) is 87.7 cm³/mol. The van der Waals surface area contributed by atoms with Gasteiger partial charge in [-0.25, -0.2) is 0 Å². The molecule has 23 heavy (non-hydrogen) atoms. The van der Waals surface area contributed by atoms with Crippen LogP contribution >= 0.6 is 0 Å². The van der Waals surface area contributed by atoms with Crippen molar-refractivity contribution in [3.63, 3.8) is 0 Å². The summed E-state index contributed by atoms with van der Waals surface area (Å²) in [5.74, 6) is -0.751. The molecule has 1 aliphatic rings. The van der Waals surface area contributed by atoms with Crippen molar-refractivity contribution in [2.75, 3.05) is 18.6 Å². The van der Waals surface area contributed by atoms with Gasteiger partial charge in [0.1, 0.15) is 0 Å². The van der Waals surface area contributed by atoms with Gasteiger partial charge < -0.3 is 14.2 Å². The van der Waals surface area contributed by atoms with Crippen molar-refractivity contribution in [2.45, 2.75) is 20.3 Å². The molecule has 3 rings (SSSR count). The number of carbonyl (C=O) groups excluding carboxylic acids is 2. The molecule has 2 heterocycles. The third-order valence-corrected chi connectivity index (χ3v) is 4.33. The number of aromatic nitrogens is 1. The van der Waals surface area contributed by atoms with Crippen molar-refractivity contribution in [3.05, 3.63) is 47.8 Å². The maximum Gasteiger partial charge on any atom is 0.311 e. The average molecular weight is 312 g/mol. The molecule has 1 aliphatic heterocycles. The number of carbonyl (C=O) groups is 2. The summed E-state index contributed by atoms with van der Waals surface area (Å²) in [4.78, 5) is 25.6. The van der Waals surface area contributed by atoms with Gasteiger partial charge in [0.25, 0.3) is 0 Å². The Labute approximate surface area is 135 Å². The standard InChI is InChI=1S/C18H20N2O3/c1-12-7-8-13(2)20(12)16-6-4-5-15(10-16)19-11-14(9-17(19)21)18(22)23-3/h4-8,10,14H,9,11H2,1-3H3. The fourth-order valence-electron chi connectivity index (χ4n) is 3.16. The highest BCUT2D eigenvalue weighted by molar-refractivity contribution is 5.99. The normalized spacial score (nSPS) is 17.6. The summed E-state index contributed by atoms with van der Waals surface area (Å²) in [6, 6.07) is 12.0. The SMILES string of the molecule is COC(=O)C1CC(=O)N(c2cccc(-n3c(C)ccc3C)c2)C1. The molecule has 0 bridgehead atoms. The number of anilines is 1. The molecule has 0 spiro atoms. The molecule has 1 saturated heterocycles. The lowest BCUT2D eigenvalue weighted by Gasteiger charge is -2.18. The van der Waals surface area contributed by atoms with Crippen LogP contribution in [0.1, 0.15) is 17.8 Å². The fraction of sp³-hybridized carbons (Fsp3) is 0.333. The van der Waals surface area contributed by atoms with Gasteiger partial charge in [0.2, 0.25) is 5.91 Å². The molecule has 1 unspecified atom stereocenters. The molecule has 0 radical (unpaired) electrons. The van der Waals surface area contributed by atoms with E-state index >= 15 is 0 Å². The number of ether oxygens (including phenoxy) is 1. The van der Waals surface area contributed by atoms with Gasteiger partial charge in [0.15, 0.2) is 0 Å². The van der Waals surface area contributed by atoms with Crippen molar-refractivity contribution in [3.8, 4) is 5.69 Å². The molecule has 1 aromatic carbocycles. The second-order valence-corrected chi connectivity index (χ2v) is 5.90. The number of amides is 1. The maximum absolute atomic E-state index is 12.2. The zero-order valence-electron chi connectivity index (χ0n) is 13.6. The first-order chi connectivity index (χ1) is 11.0. The summed E-state index contributed by atoms with van der Waals surface area (Å²) in [5.41, 5.74) is 4.10. The number of hydrogen-bond donors (Lipinski definition) is 0. The van der Waals surface area contributed by atoms with E-state index in [1.807, 2.05) is 38.1 Å². The van der Waals surface area contributed by atoms with E-state index in [4.69, 9.17) is 4.74 Å². The maximum atomic E-state index is 12.2. The Morgan fingerprint density at radius 3 is 2.43 bits per heavy atom. The van der Waals surface area contributed by atoms with Gasteiger partial charge in [-0.2, -0.15) is 0 Å². The van der Waals surface area contributed by atoms with Gasteiger partial charge in [-0.05, 0) is 44.2 Å². The molecule has 0 saturated carbocycles. The highest BCUT2D eigenvalue weighted by Crippen LogP contribution is 2.28. The molecule has 0 N–H and O–H groups in total. The van der Waals surface area contributed by atoms with Crippen molar-refractivity contribution >= 4 is 17.6 Å². The van der Waals surface area contributed by atoms with E-state index in [2.05, 4.69) is 16.7 Å². The van der Waals surface area contributed by atoms with Crippen molar-refractivity contribution in [1.82, 2.24) is 4.57 Å². The lowest BCUT2D eigenvalue weighted by atomic mass is 10.1. The van der Waals surface area contributed by atoms with Gasteiger partial charge in [-0.15, -0.1) is 0 Å². The van der Waals surface area contributed by atoms with Crippen LogP contribution in [0.5, 0.6) is 0 Å². The molecule has 5 nitrogen and oxygen atoms in total. The highest BCUT2D eigenvalue weighted by Gasteiger charge is 2.35. The number of nitrogens with zero attached hydrogens (tertiary/aromatic N) is 2. The monoisotopic (exact) mass is 312 g/mol. The van der Waals surface area contributed by atoms with Crippen LogP contribution < -0.4 is 4.90 Å². The number of rotatable bonds is 3. The highest BCUT2D eigenvalue weighted by atomic mass is 16.5. The fourth-order valence-corrected chi connectivity index (χ4v) is 3.16. The van der Waals surface area contributed by atoms with Crippen LogP contribution in [-0.4, -0.2) is 30.1 Å². The molecule has 0 aliphatic carbocycles. The molecule has 1 aromatic heterocycles. The lowest BCUT2D eigenvalue weighted by molar-refractivity contribution is -0.145. The van der Waals surface area contributed by atoms with Crippen LogP contribution in [0.3, 0.4) is 0 Å². The number of aryl methyl sites for hydroxylation is 2. The first-order valence-corrected chi connectivity index (χ1v) is 7.65. The number of hydrogen-bond acceptors (Lipinski definition) is 3. The summed E-state index contributed by atoms with van der Waals surface area (Å²) in [6.45, 7) is 4.47. The largest absolute Gasteiger partial charge is 0.469 e. The topological polar surface area (TPSA) is 51.5 Å². The molecule has 2 aromatic rings. The summed E-state index contributed by atoms with van der Waals surface area (Å²) in [6.07, 6.45) is 0.207. The van der Waals surface area contributed by atoms with Crippen molar-refractivity contribution < 1.29 is 14.3 Å². The first kappa shape index (κ1) is 15.3. The van der Waals surface area contributed by atoms with Crippen LogP contribution in [0.2, 0.25) is 0 Å². The molecule has 1 atom stereocenters. The van der Waals surface area contributed by atoms with E-state index in [1.54, 1.807) is 4.90 Å². The Kier molecular flexibility index (Phi) is 3.94. The number of methoxy groups -OCH3 is 1. The number of esters is 1. The molecule has 120 valence electrons. The second-order valence-electron chi connectivity index (χ2n) is 5.90. The van der Waals surface area contributed by atoms with Gasteiger partial charge in [-0.1, -0.05) is 6.07 Å². The van der Waals surface area contributed by atoms with E-state index in [9.17, 15) is 9.59 Å². The second kappa shape index (κ2) is 5.91. The third-order valence-electron chi connectivity index (χ3n) is 4.33. The minimum atomic E-state index is -0.383.